The molecule has 0 rings (SSSR count). The van der Waals surface area contributed by atoms with E-state index >= 15 is 0 Å². The van der Waals surface area contributed by atoms with Gasteiger partial charge in [-0.2, -0.15) is 0 Å². The van der Waals surface area contributed by atoms with Gasteiger partial charge in [0.2, 0.25) is 0 Å². The SMILES string of the molecule is CCCCC/C=C\C/C=C\CCCCCCCC(=O)OCCCCCCCCCCCCCCCCCCCCCCCCCCCCCCCC(C)C. The standard InChI is InChI=1S/C52H100O2/c1-4-5-6-7-8-9-10-11-27-31-34-37-40-43-46-49-52(53)54-50-47-44-41-38-35-32-29-26-24-22-20-18-16-14-12-13-15-17-19-21-23-25-28-30-33-36-39-42-45-48-51(2)3/h8-9,11,27,51H,4-7,10,12-26,28-50H2,1-3H3/b9-8-,27-11-. The Kier molecular flexibility index (Phi) is 47.2. The van der Waals surface area contributed by atoms with E-state index < -0.39 is 0 Å². The highest BCUT2D eigenvalue weighted by molar-refractivity contribution is 5.69. The number of carbonyl (C=O) groups is 1. The van der Waals surface area contributed by atoms with Crippen LogP contribution < -0.4 is 0 Å². The van der Waals surface area contributed by atoms with Crippen molar-refractivity contribution in [1.82, 2.24) is 0 Å². The number of carbonyl (C=O) groups excluding carboxylic acids is 1. The molecule has 0 fully saturated rings. The highest BCUT2D eigenvalue weighted by atomic mass is 16.5. The number of rotatable bonds is 46. The molecule has 2 nitrogen and oxygen atoms in total. The lowest BCUT2D eigenvalue weighted by Gasteiger charge is -2.06. The zero-order valence-electron chi connectivity index (χ0n) is 37.6. The molecule has 0 aliphatic heterocycles. The predicted molar refractivity (Wildman–Crippen MR) is 244 cm³/mol. The molecule has 0 N–H and O–H groups in total. The molecule has 0 unspecified atom stereocenters. The van der Waals surface area contributed by atoms with E-state index in [9.17, 15) is 4.79 Å². The molecular weight excluding hydrogens is 657 g/mol. The second-order valence-electron chi connectivity index (χ2n) is 17.6. The molecule has 0 spiro atoms. The van der Waals surface area contributed by atoms with Gasteiger partial charge in [0, 0.05) is 6.42 Å². The van der Waals surface area contributed by atoms with E-state index in [1.165, 1.54) is 238 Å². The first kappa shape index (κ1) is 53.0. The Bertz CT molecular complexity index is 751. The molecule has 0 aliphatic rings. The van der Waals surface area contributed by atoms with Gasteiger partial charge in [0.15, 0.2) is 0 Å². The molecule has 0 aromatic rings. The zero-order chi connectivity index (χ0) is 39.1. The van der Waals surface area contributed by atoms with Crippen molar-refractivity contribution in [3.05, 3.63) is 24.3 Å². The van der Waals surface area contributed by atoms with Gasteiger partial charge in [-0.3, -0.25) is 4.79 Å². The minimum absolute atomic E-state index is 0.0149. The normalized spacial score (nSPS) is 11.9. The van der Waals surface area contributed by atoms with Crippen molar-refractivity contribution in [2.75, 3.05) is 6.61 Å². The largest absolute Gasteiger partial charge is 0.466 e. The predicted octanol–water partition coefficient (Wildman–Crippen LogP) is 18.7. The lowest BCUT2D eigenvalue weighted by molar-refractivity contribution is -0.143. The molecule has 320 valence electrons. The fraction of sp³-hybridized carbons (Fsp3) is 0.904. The van der Waals surface area contributed by atoms with Crippen molar-refractivity contribution in [1.29, 1.82) is 0 Å². The van der Waals surface area contributed by atoms with Crippen LogP contribution in [0, 0.1) is 5.92 Å². The topological polar surface area (TPSA) is 26.3 Å². The summed E-state index contributed by atoms with van der Waals surface area (Å²) in [6.45, 7) is 7.58. The fourth-order valence-corrected chi connectivity index (χ4v) is 7.77. The van der Waals surface area contributed by atoms with E-state index in [0.29, 0.717) is 13.0 Å². The average Bonchev–Trinajstić information content (AvgIpc) is 3.16. The van der Waals surface area contributed by atoms with Gasteiger partial charge in [0.05, 0.1) is 6.61 Å². The Balaban J connectivity index is 3.17. The number of allylic oxidation sites excluding steroid dienone is 4. The van der Waals surface area contributed by atoms with Crippen molar-refractivity contribution in [3.8, 4) is 0 Å². The summed E-state index contributed by atoms with van der Waals surface area (Å²) in [7, 11) is 0. The Hall–Kier alpha value is -1.05. The monoisotopic (exact) mass is 757 g/mol. The third-order valence-corrected chi connectivity index (χ3v) is 11.5. The summed E-state index contributed by atoms with van der Waals surface area (Å²) in [6, 6.07) is 0. The van der Waals surface area contributed by atoms with Gasteiger partial charge in [-0.1, -0.05) is 263 Å². The van der Waals surface area contributed by atoms with Gasteiger partial charge < -0.3 is 4.74 Å². The molecular formula is C52H100O2. The van der Waals surface area contributed by atoms with E-state index in [2.05, 4.69) is 45.1 Å². The van der Waals surface area contributed by atoms with Gasteiger partial charge in [0.1, 0.15) is 0 Å². The first-order valence-electron chi connectivity index (χ1n) is 25.1. The van der Waals surface area contributed by atoms with E-state index in [1.54, 1.807) is 0 Å². The number of hydrogen-bond donors (Lipinski definition) is 0. The van der Waals surface area contributed by atoms with Crippen molar-refractivity contribution < 1.29 is 9.53 Å². The summed E-state index contributed by atoms with van der Waals surface area (Å²) in [5.41, 5.74) is 0. The quantitative estimate of drug-likeness (QED) is 0.0351. The summed E-state index contributed by atoms with van der Waals surface area (Å²) in [4.78, 5) is 12.0. The lowest BCUT2D eigenvalue weighted by Crippen LogP contribution is -2.05. The first-order valence-corrected chi connectivity index (χ1v) is 25.1. The van der Waals surface area contributed by atoms with E-state index in [0.717, 1.165) is 31.6 Å². The van der Waals surface area contributed by atoms with Crippen LogP contribution in [-0.2, 0) is 9.53 Å². The second-order valence-corrected chi connectivity index (χ2v) is 17.6. The van der Waals surface area contributed by atoms with Crippen LogP contribution in [0.4, 0.5) is 0 Å². The van der Waals surface area contributed by atoms with Gasteiger partial charge in [0.25, 0.3) is 0 Å². The maximum absolute atomic E-state index is 12.0. The molecule has 0 aromatic carbocycles. The number of hydrogen-bond acceptors (Lipinski definition) is 2. The average molecular weight is 757 g/mol. The van der Waals surface area contributed by atoms with Crippen LogP contribution >= 0.6 is 0 Å². The third-order valence-electron chi connectivity index (χ3n) is 11.5. The molecule has 0 saturated carbocycles. The molecule has 0 radical (unpaired) electrons. The molecule has 0 atom stereocenters. The van der Waals surface area contributed by atoms with Crippen LogP contribution in [0.25, 0.3) is 0 Å². The summed E-state index contributed by atoms with van der Waals surface area (Å²) in [6.07, 6.45) is 66.0. The Morgan fingerprint density at radius 1 is 0.389 bits per heavy atom. The Morgan fingerprint density at radius 2 is 0.704 bits per heavy atom. The van der Waals surface area contributed by atoms with Crippen molar-refractivity contribution >= 4 is 5.97 Å². The third kappa shape index (κ3) is 49.0. The van der Waals surface area contributed by atoms with Gasteiger partial charge >= 0.3 is 5.97 Å². The molecule has 0 aromatic heterocycles. The molecule has 0 saturated heterocycles. The molecule has 0 amide bonds. The van der Waals surface area contributed by atoms with E-state index in [4.69, 9.17) is 4.74 Å². The molecule has 0 aliphatic carbocycles. The smallest absolute Gasteiger partial charge is 0.305 e. The fourth-order valence-electron chi connectivity index (χ4n) is 7.77. The number of esters is 1. The summed E-state index contributed by atoms with van der Waals surface area (Å²) >= 11 is 0. The van der Waals surface area contributed by atoms with Crippen LogP contribution in [0.5, 0.6) is 0 Å². The van der Waals surface area contributed by atoms with Crippen LogP contribution in [0.2, 0.25) is 0 Å². The molecule has 2 heteroatoms. The van der Waals surface area contributed by atoms with Gasteiger partial charge in [-0.25, -0.2) is 0 Å². The van der Waals surface area contributed by atoms with Gasteiger partial charge in [-0.05, 0) is 50.9 Å². The molecule has 0 bridgehead atoms. The van der Waals surface area contributed by atoms with Crippen LogP contribution in [0.3, 0.4) is 0 Å². The van der Waals surface area contributed by atoms with Crippen LogP contribution in [0.15, 0.2) is 24.3 Å². The molecule has 0 heterocycles. The van der Waals surface area contributed by atoms with Crippen molar-refractivity contribution in [2.24, 2.45) is 5.92 Å². The van der Waals surface area contributed by atoms with E-state index in [1.807, 2.05) is 0 Å². The van der Waals surface area contributed by atoms with Crippen molar-refractivity contribution in [3.63, 3.8) is 0 Å². The zero-order valence-corrected chi connectivity index (χ0v) is 37.6. The Labute approximate surface area is 341 Å². The summed E-state index contributed by atoms with van der Waals surface area (Å²) in [5.74, 6) is 0.903. The summed E-state index contributed by atoms with van der Waals surface area (Å²) in [5, 5.41) is 0. The maximum Gasteiger partial charge on any atom is 0.305 e. The number of ether oxygens (including phenoxy) is 1. The molecule has 54 heavy (non-hydrogen) atoms. The minimum atomic E-state index is 0.0149. The van der Waals surface area contributed by atoms with E-state index in [-0.39, 0.29) is 5.97 Å². The number of unbranched alkanes of at least 4 members (excludes halogenated alkanes) is 36. The first-order chi connectivity index (χ1) is 26.7. The highest BCUT2D eigenvalue weighted by Crippen LogP contribution is 2.17. The maximum atomic E-state index is 12.0. The van der Waals surface area contributed by atoms with Crippen molar-refractivity contribution in [2.45, 2.75) is 290 Å². The van der Waals surface area contributed by atoms with Crippen LogP contribution in [0.1, 0.15) is 290 Å². The minimum Gasteiger partial charge on any atom is -0.466 e. The van der Waals surface area contributed by atoms with Crippen LogP contribution in [-0.4, -0.2) is 12.6 Å². The summed E-state index contributed by atoms with van der Waals surface area (Å²) < 4.78 is 5.47. The van der Waals surface area contributed by atoms with Gasteiger partial charge in [-0.15, -0.1) is 0 Å². The highest BCUT2D eigenvalue weighted by Gasteiger charge is 2.03. The lowest BCUT2D eigenvalue weighted by atomic mass is 10.0. The Morgan fingerprint density at radius 3 is 1.07 bits per heavy atom. The second kappa shape index (κ2) is 48.1.